The molecule has 0 atom stereocenters. The molecule has 0 spiro atoms. The van der Waals surface area contributed by atoms with Crippen LogP contribution in [0.25, 0.3) is 0 Å². The van der Waals surface area contributed by atoms with Gasteiger partial charge in [-0.2, -0.15) is 0 Å². The molecule has 17 heavy (non-hydrogen) atoms. The Kier molecular flexibility index (Phi) is 4.26. The SMILES string of the molecule is CC(=O)c1c(C)cccc1NCC(=O)N(C)C. The van der Waals surface area contributed by atoms with Crippen molar-refractivity contribution in [1.29, 1.82) is 0 Å². The standard InChI is InChI=1S/C13H18N2O2/c1-9-6-5-7-11(13(9)10(2)16)14-8-12(17)15(3)4/h5-7,14H,8H2,1-4H3. The Bertz CT molecular complexity index is 439. The van der Waals surface area contributed by atoms with Crippen molar-refractivity contribution in [3.63, 3.8) is 0 Å². The summed E-state index contributed by atoms with van der Waals surface area (Å²) in [5, 5.41) is 3.00. The average Bonchev–Trinajstić information content (AvgIpc) is 2.24. The lowest BCUT2D eigenvalue weighted by Gasteiger charge is -2.14. The summed E-state index contributed by atoms with van der Waals surface area (Å²) in [6, 6.07) is 5.56. The van der Waals surface area contributed by atoms with E-state index >= 15 is 0 Å². The first-order chi connectivity index (χ1) is 7.93. The lowest BCUT2D eigenvalue weighted by Crippen LogP contribution is -2.29. The molecule has 1 amide bonds. The molecule has 0 aliphatic carbocycles. The van der Waals surface area contributed by atoms with Crippen LogP contribution in [0, 0.1) is 6.92 Å². The fourth-order valence-corrected chi connectivity index (χ4v) is 1.61. The Balaban J connectivity index is 2.88. The van der Waals surface area contributed by atoms with Crippen molar-refractivity contribution >= 4 is 17.4 Å². The van der Waals surface area contributed by atoms with Crippen LogP contribution in [-0.4, -0.2) is 37.2 Å². The van der Waals surface area contributed by atoms with Crippen LogP contribution in [0.4, 0.5) is 5.69 Å². The number of likely N-dealkylation sites (N-methyl/N-ethyl adjacent to an activating group) is 1. The summed E-state index contributed by atoms with van der Waals surface area (Å²) in [6.45, 7) is 3.60. The van der Waals surface area contributed by atoms with Crippen LogP contribution in [0.3, 0.4) is 0 Å². The Morgan fingerprint density at radius 1 is 1.29 bits per heavy atom. The highest BCUT2D eigenvalue weighted by Crippen LogP contribution is 2.19. The minimum absolute atomic E-state index is 0.00269. The van der Waals surface area contributed by atoms with E-state index in [1.807, 2.05) is 25.1 Å². The van der Waals surface area contributed by atoms with Crippen LogP contribution in [0.1, 0.15) is 22.8 Å². The first kappa shape index (κ1) is 13.2. The molecule has 1 rings (SSSR count). The van der Waals surface area contributed by atoms with E-state index in [0.29, 0.717) is 11.3 Å². The molecule has 0 saturated carbocycles. The number of hydrogen-bond acceptors (Lipinski definition) is 3. The van der Waals surface area contributed by atoms with E-state index in [4.69, 9.17) is 0 Å². The lowest BCUT2D eigenvalue weighted by molar-refractivity contribution is -0.126. The molecule has 0 aliphatic rings. The maximum absolute atomic E-state index is 11.5. The van der Waals surface area contributed by atoms with E-state index in [1.54, 1.807) is 14.1 Å². The largest absolute Gasteiger partial charge is 0.376 e. The van der Waals surface area contributed by atoms with Crippen molar-refractivity contribution in [2.24, 2.45) is 0 Å². The second-order valence-electron chi connectivity index (χ2n) is 4.20. The molecule has 0 aromatic heterocycles. The van der Waals surface area contributed by atoms with Crippen molar-refractivity contribution in [2.45, 2.75) is 13.8 Å². The number of benzene rings is 1. The van der Waals surface area contributed by atoms with Gasteiger partial charge in [0.15, 0.2) is 5.78 Å². The Hall–Kier alpha value is -1.84. The third-order valence-electron chi connectivity index (χ3n) is 2.55. The number of amides is 1. The number of nitrogens with zero attached hydrogens (tertiary/aromatic N) is 1. The zero-order valence-electron chi connectivity index (χ0n) is 10.7. The van der Waals surface area contributed by atoms with E-state index in [2.05, 4.69) is 5.32 Å². The van der Waals surface area contributed by atoms with Crippen molar-refractivity contribution in [3.8, 4) is 0 Å². The van der Waals surface area contributed by atoms with Crippen molar-refractivity contribution in [2.75, 3.05) is 26.0 Å². The lowest BCUT2D eigenvalue weighted by atomic mass is 10.0. The first-order valence-electron chi connectivity index (χ1n) is 5.48. The minimum atomic E-state index is -0.0268. The van der Waals surface area contributed by atoms with Gasteiger partial charge in [-0.1, -0.05) is 12.1 Å². The van der Waals surface area contributed by atoms with E-state index in [1.165, 1.54) is 11.8 Å². The highest BCUT2D eigenvalue weighted by atomic mass is 16.2. The molecule has 92 valence electrons. The van der Waals surface area contributed by atoms with E-state index in [9.17, 15) is 9.59 Å². The number of carbonyl (C=O) groups excluding carboxylic acids is 2. The molecule has 1 aromatic carbocycles. The van der Waals surface area contributed by atoms with Gasteiger partial charge in [-0.15, -0.1) is 0 Å². The van der Waals surface area contributed by atoms with Crippen LogP contribution in [0.15, 0.2) is 18.2 Å². The normalized spacial score (nSPS) is 9.88. The molecule has 0 fully saturated rings. The summed E-state index contributed by atoms with van der Waals surface area (Å²) in [5.74, 6) is -0.0242. The molecule has 0 bridgehead atoms. The van der Waals surface area contributed by atoms with Crippen molar-refractivity contribution in [3.05, 3.63) is 29.3 Å². The number of aryl methyl sites for hydroxylation is 1. The smallest absolute Gasteiger partial charge is 0.241 e. The molecular formula is C13H18N2O2. The van der Waals surface area contributed by atoms with Crippen LogP contribution < -0.4 is 5.32 Å². The molecule has 4 nitrogen and oxygen atoms in total. The molecule has 4 heteroatoms. The number of ketones is 1. The van der Waals surface area contributed by atoms with Gasteiger partial charge >= 0.3 is 0 Å². The van der Waals surface area contributed by atoms with E-state index < -0.39 is 0 Å². The van der Waals surface area contributed by atoms with Gasteiger partial charge in [-0.3, -0.25) is 9.59 Å². The molecule has 0 saturated heterocycles. The molecule has 0 unspecified atom stereocenters. The van der Waals surface area contributed by atoms with Gasteiger partial charge in [-0.25, -0.2) is 0 Å². The first-order valence-corrected chi connectivity index (χ1v) is 5.48. The number of rotatable bonds is 4. The van der Waals surface area contributed by atoms with Crippen LogP contribution >= 0.6 is 0 Å². The molecular weight excluding hydrogens is 216 g/mol. The summed E-state index contributed by atoms with van der Waals surface area (Å²) in [4.78, 5) is 24.5. The molecule has 0 aliphatic heterocycles. The fraction of sp³-hybridized carbons (Fsp3) is 0.385. The van der Waals surface area contributed by atoms with Crippen LogP contribution in [0.2, 0.25) is 0 Å². The molecule has 0 heterocycles. The zero-order chi connectivity index (χ0) is 13.0. The summed E-state index contributed by atoms with van der Waals surface area (Å²) in [5.41, 5.74) is 2.28. The van der Waals surface area contributed by atoms with E-state index in [0.717, 1.165) is 5.56 Å². The topological polar surface area (TPSA) is 49.4 Å². The number of hydrogen-bond donors (Lipinski definition) is 1. The molecule has 0 radical (unpaired) electrons. The third kappa shape index (κ3) is 3.31. The summed E-state index contributed by atoms with van der Waals surface area (Å²) in [7, 11) is 3.40. The van der Waals surface area contributed by atoms with Crippen molar-refractivity contribution in [1.82, 2.24) is 4.90 Å². The highest BCUT2D eigenvalue weighted by Gasteiger charge is 2.11. The Labute approximate surface area is 102 Å². The molecule has 1 N–H and O–H groups in total. The van der Waals surface area contributed by atoms with Crippen molar-refractivity contribution < 1.29 is 9.59 Å². The van der Waals surface area contributed by atoms with E-state index in [-0.39, 0.29) is 18.2 Å². The highest BCUT2D eigenvalue weighted by molar-refractivity contribution is 6.01. The number of Topliss-reactive ketones (excluding diaryl/α,β-unsaturated/α-hetero) is 1. The molecule has 1 aromatic rings. The Morgan fingerprint density at radius 2 is 1.94 bits per heavy atom. The van der Waals surface area contributed by atoms with Gasteiger partial charge in [0.25, 0.3) is 0 Å². The van der Waals surface area contributed by atoms with Gasteiger partial charge in [0, 0.05) is 25.3 Å². The predicted molar refractivity (Wildman–Crippen MR) is 68.4 cm³/mol. The third-order valence-corrected chi connectivity index (χ3v) is 2.55. The summed E-state index contributed by atoms with van der Waals surface area (Å²) < 4.78 is 0. The minimum Gasteiger partial charge on any atom is -0.376 e. The van der Waals surface area contributed by atoms with Gasteiger partial charge in [0.05, 0.1) is 6.54 Å². The fourth-order valence-electron chi connectivity index (χ4n) is 1.61. The summed E-state index contributed by atoms with van der Waals surface area (Å²) >= 11 is 0. The van der Waals surface area contributed by atoms with Crippen LogP contribution in [-0.2, 0) is 4.79 Å². The maximum atomic E-state index is 11.5. The number of carbonyl (C=O) groups is 2. The maximum Gasteiger partial charge on any atom is 0.241 e. The second-order valence-corrected chi connectivity index (χ2v) is 4.20. The van der Waals surface area contributed by atoms with Gasteiger partial charge in [0.2, 0.25) is 5.91 Å². The zero-order valence-corrected chi connectivity index (χ0v) is 10.7. The summed E-state index contributed by atoms with van der Waals surface area (Å²) in [6.07, 6.45) is 0. The average molecular weight is 234 g/mol. The van der Waals surface area contributed by atoms with Gasteiger partial charge < -0.3 is 10.2 Å². The monoisotopic (exact) mass is 234 g/mol. The number of anilines is 1. The number of nitrogens with one attached hydrogen (secondary N) is 1. The Morgan fingerprint density at radius 3 is 2.47 bits per heavy atom. The van der Waals surface area contributed by atoms with Gasteiger partial charge in [0.1, 0.15) is 0 Å². The van der Waals surface area contributed by atoms with Gasteiger partial charge in [-0.05, 0) is 25.5 Å². The van der Waals surface area contributed by atoms with Crippen LogP contribution in [0.5, 0.6) is 0 Å². The second kappa shape index (κ2) is 5.48. The quantitative estimate of drug-likeness (QED) is 0.807. The predicted octanol–water partition coefficient (Wildman–Crippen LogP) is 1.70.